The number of carbonyl (C=O) groups excluding carboxylic acids is 1. The SMILES string of the molecule is CC[C@H](CC(=O)CCCN)C(=O)O. The second-order valence-electron chi connectivity index (χ2n) is 3.08. The second kappa shape index (κ2) is 6.60. The van der Waals surface area contributed by atoms with Crippen molar-refractivity contribution in [1.29, 1.82) is 0 Å². The molecule has 0 bridgehead atoms. The molecule has 0 rings (SSSR count). The van der Waals surface area contributed by atoms with Gasteiger partial charge in [-0.15, -0.1) is 0 Å². The van der Waals surface area contributed by atoms with Gasteiger partial charge in [-0.1, -0.05) is 6.92 Å². The van der Waals surface area contributed by atoms with Crippen molar-refractivity contribution in [1.82, 2.24) is 0 Å². The van der Waals surface area contributed by atoms with E-state index in [0.717, 1.165) is 0 Å². The van der Waals surface area contributed by atoms with Gasteiger partial charge in [-0.25, -0.2) is 0 Å². The maximum absolute atomic E-state index is 11.2. The van der Waals surface area contributed by atoms with Crippen LogP contribution in [0.1, 0.15) is 32.6 Å². The van der Waals surface area contributed by atoms with Crippen molar-refractivity contribution in [2.45, 2.75) is 32.6 Å². The van der Waals surface area contributed by atoms with Crippen molar-refractivity contribution in [3.8, 4) is 0 Å². The van der Waals surface area contributed by atoms with E-state index >= 15 is 0 Å². The molecule has 3 N–H and O–H groups in total. The third-order valence-corrected chi connectivity index (χ3v) is 1.98. The van der Waals surface area contributed by atoms with Gasteiger partial charge in [0, 0.05) is 12.8 Å². The minimum Gasteiger partial charge on any atom is -0.481 e. The highest BCUT2D eigenvalue weighted by molar-refractivity contribution is 5.83. The summed E-state index contributed by atoms with van der Waals surface area (Å²) in [5, 5.41) is 8.67. The molecule has 4 heteroatoms. The molecule has 4 nitrogen and oxygen atoms in total. The molecule has 0 unspecified atom stereocenters. The van der Waals surface area contributed by atoms with Gasteiger partial charge in [0.2, 0.25) is 0 Å². The highest BCUT2D eigenvalue weighted by atomic mass is 16.4. The number of carboxylic acids is 1. The molecule has 0 spiro atoms. The Hall–Kier alpha value is -0.900. The monoisotopic (exact) mass is 187 g/mol. The molecule has 13 heavy (non-hydrogen) atoms. The number of nitrogens with two attached hydrogens (primary N) is 1. The number of carbonyl (C=O) groups is 2. The molecule has 0 aliphatic rings. The van der Waals surface area contributed by atoms with Gasteiger partial charge in [-0.3, -0.25) is 9.59 Å². The van der Waals surface area contributed by atoms with Gasteiger partial charge in [-0.2, -0.15) is 0 Å². The quantitative estimate of drug-likeness (QED) is 0.617. The summed E-state index contributed by atoms with van der Waals surface area (Å²) in [7, 11) is 0. The Morgan fingerprint density at radius 3 is 2.46 bits per heavy atom. The van der Waals surface area contributed by atoms with E-state index in [0.29, 0.717) is 25.8 Å². The summed E-state index contributed by atoms with van der Waals surface area (Å²) in [5.41, 5.74) is 5.23. The van der Waals surface area contributed by atoms with E-state index < -0.39 is 11.9 Å². The molecular weight excluding hydrogens is 170 g/mol. The van der Waals surface area contributed by atoms with Gasteiger partial charge in [0.05, 0.1) is 5.92 Å². The van der Waals surface area contributed by atoms with Crippen LogP contribution in [0, 0.1) is 5.92 Å². The first-order chi connectivity index (χ1) is 6.11. The molecule has 0 radical (unpaired) electrons. The van der Waals surface area contributed by atoms with Crippen LogP contribution < -0.4 is 5.73 Å². The number of ketones is 1. The fourth-order valence-corrected chi connectivity index (χ4v) is 1.08. The fourth-order valence-electron chi connectivity index (χ4n) is 1.08. The average molecular weight is 187 g/mol. The Bertz CT molecular complexity index is 180. The number of rotatable bonds is 7. The van der Waals surface area contributed by atoms with Crippen molar-refractivity contribution in [2.75, 3.05) is 6.54 Å². The van der Waals surface area contributed by atoms with Crippen LogP contribution in [-0.2, 0) is 9.59 Å². The number of hydrogen-bond acceptors (Lipinski definition) is 3. The normalized spacial score (nSPS) is 12.5. The van der Waals surface area contributed by atoms with E-state index in [-0.39, 0.29) is 12.2 Å². The van der Waals surface area contributed by atoms with E-state index in [2.05, 4.69) is 0 Å². The van der Waals surface area contributed by atoms with Crippen LogP contribution in [0.2, 0.25) is 0 Å². The Balaban J connectivity index is 3.80. The third-order valence-electron chi connectivity index (χ3n) is 1.98. The fraction of sp³-hybridized carbons (Fsp3) is 0.778. The molecule has 0 saturated heterocycles. The number of aliphatic carboxylic acids is 1. The highest BCUT2D eigenvalue weighted by Gasteiger charge is 2.18. The molecule has 0 aromatic rings. The van der Waals surface area contributed by atoms with Crippen molar-refractivity contribution < 1.29 is 14.7 Å². The molecule has 0 aromatic heterocycles. The Morgan fingerprint density at radius 2 is 2.08 bits per heavy atom. The lowest BCUT2D eigenvalue weighted by atomic mass is 9.98. The Labute approximate surface area is 78.1 Å². The molecule has 76 valence electrons. The third kappa shape index (κ3) is 5.36. The summed E-state index contributed by atoms with van der Waals surface area (Å²) >= 11 is 0. The van der Waals surface area contributed by atoms with Crippen molar-refractivity contribution >= 4 is 11.8 Å². The average Bonchev–Trinajstić information content (AvgIpc) is 2.10. The van der Waals surface area contributed by atoms with Gasteiger partial charge < -0.3 is 10.8 Å². The Kier molecular flexibility index (Phi) is 6.14. The van der Waals surface area contributed by atoms with Gasteiger partial charge >= 0.3 is 5.97 Å². The van der Waals surface area contributed by atoms with Crippen LogP contribution in [0.4, 0.5) is 0 Å². The van der Waals surface area contributed by atoms with Crippen LogP contribution in [0.15, 0.2) is 0 Å². The summed E-state index contributed by atoms with van der Waals surface area (Å²) in [6.45, 7) is 2.25. The smallest absolute Gasteiger partial charge is 0.306 e. The molecule has 0 aliphatic heterocycles. The minimum absolute atomic E-state index is 0.000278. The van der Waals surface area contributed by atoms with Crippen LogP contribution in [0.25, 0.3) is 0 Å². The van der Waals surface area contributed by atoms with E-state index in [9.17, 15) is 9.59 Å². The topological polar surface area (TPSA) is 80.4 Å². The van der Waals surface area contributed by atoms with E-state index in [1.807, 2.05) is 0 Å². The predicted octanol–water partition coefficient (Wildman–Crippen LogP) is 0.795. The lowest BCUT2D eigenvalue weighted by Crippen LogP contribution is -2.17. The molecule has 0 aliphatic carbocycles. The van der Waals surface area contributed by atoms with Crippen molar-refractivity contribution in [2.24, 2.45) is 11.7 Å². The van der Waals surface area contributed by atoms with Crippen molar-refractivity contribution in [3.05, 3.63) is 0 Å². The molecule has 0 aromatic carbocycles. The van der Waals surface area contributed by atoms with Gasteiger partial charge in [0.1, 0.15) is 5.78 Å². The first kappa shape index (κ1) is 12.1. The van der Waals surface area contributed by atoms with E-state index in [1.165, 1.54) is 0 Å². The van der Waals surface area contributed by atoms with E-state index in [4.69, 9.17) is 10.8 Å². The molecule has 0 fully saturated rings. The van der Waals surface area contributed by atoms with Gasteiger partial charge in [0.25, 0.3) is 0 Å². The van der Waals surface area contributed by atoms with Crippen molar-refractivity contribution in [3.63, 3.8) is 0 Å². The zero-order valence-electron chi connectivity index (χ0n) is 7.95. The molecule has 0 saturated carbocycles. The summed E-state index contributed by atoms with van der Waals surface area (Å²) < 4.78 is 0. The van der Waals surface area contributed by atoms with Gasteiger partial charge in [0.15, 0.2) is 0 Å². The van der Waals surface area contributed by atoms with Crippen LogP contribution in [0.3, 0.4) is 0 Å². The zero-order valence-corrected chi connectivity index (χ0v) is 7.95. The van der Waals surface area contributed by atoms with Crippen LogP contribution in [-0.4, -0.2) is 23.4 Å². The molecular formula is C9H17NO3. The summed E-state index contributed by atoms with van der Waals surface area (Å²) in [6, 6.07) is 0. The number of Topliss-reactive ketones (excluding diaryl/α,β-unsaturated/α-hetero) is 1. The molecule has 0 heterocycles. The summed E-state index contributed by atoms with van der Waals surface area (Å²) in [4.78, 5) is 21.7. The lowest BCUT2D eigenvalue weighted by Gasteiger charge is -2.07. The van der Waals surface area contributed by atoms with Crippen LogP contribution in [0.5, 0.6) is 0 Å². The predicted molar refractivity (Wildman–Crippen MR) is 49.3 cm³/mol. The summed E-state index contributed by atoms with van der Waals surface area (Å²) in [5.74, 6) is -1.41. The molecule has 1 atom stereocenters. The Morgan fingerprint density at radius 1 is 1.46 bits per heavy atom. The number of carboxylic acid groups (broad SMARTS) is 1. The highest BCUT2D eigenvalue weighted by Crippen LogP contribution is 2.10. The lowest BCUT2D eigenvalue weighted by molar-refractivity contribution is -0.143. The minimum atomic E-state index is -0.886. The largest absolute Gasteiger partial charge is 0.481 e. The zero-order chi connectivity index (χ0) is 10.3. The van der Waals surface area contributed by atoms with Crippen LogP contribution >= 0.6 is 0 Å². The van der Waals surface area contributed by atoms with E-state index in [1.54, 1.807) is 6.92 Å². The first-order valence-corrected chi connectivity index (χ1v) is 4.56. The molecule has 0 amide bonds. The maximum Gasteiger partial charge on any atom is 0.306 e. The number of hydrogen-bond donors (Lipinski definition) is 2. The maximum atomic E-state index is 11.2. The summed E-state index contributed by atoms with van der Waals surface area (Å²) in [6.07, 6.45) is 1.70. The first-order valence-electron chi connectivity index (χ1n) is 4.56. The van der Waals surface area contributed by atoms with Gasteiger partial charge in [-0.05, 0) is 19.4 Å². The second-order valence-corrected chi connectivity index (χ2v) is 3.08. The standard InChI is InChI=1S/C9H17NO3/c1-2-7(9(12)13)6-8(11)4-3-5-10/h7H,2-6,10H2,1H3,(H,12,13)/t7-/m1/s1.